The Balaban J connectivity index is 1.22. The lowest BCUT2D eigenvalue weighted by atomic mass is 9.41. The van der Waals surface area contributed by atoms with Gasteiger partial charge in [0.1, 0.15) is 17.7 Å². The summed E-state index contributed by atoms with van der Waals surface area (Å²) in [5.41, 5.74) is -1.31. The van der Waals surface area contributed by atoms with E-state index in [9.17, 15) is 36.6 Å². The third kappa shape index (κ3) is 6.14. The lowest BCUT2D eigenvalue weighted by Gasteiger charge is -2.65. The maximum absolute atomic E-state index is 15.6. The standard InChI is InChI=1S/C35H50F4O5S/c1-5-24-30-31(36)28(41)15-17-34(30,4)27-14-16-33(3)25(12-13-26(33)29(27)32(24)42)20(2)8-6-10-22(40)19-45(43,44)23-11-7-9-21(18-23)35(37,38)39/h7,9,11,18,20,24-32,41-42H,5-6,8,10,12-17,19H2,1-4H3/t20-,24-,25?,26?,27?,28-,29?,30-,31+,32-,33-,34-/m1/s1. The highest BCUT2D eigenvalue weighted by atomic mass is 32.2. The molecule has 4 fully saturated rings. The number of aliphatic hydroxyl groups is 2. The number of halogens is 4. The summed E-state index contributed by atoms with van der Waals surface area (Å²) in [5.74, 6) is -0.555. The average Bonchev–Trinajstić information content (AvgIpc) is 3.32. The number of carbonyl (C=O) groups excluding carboxylic acids is 1. The molecule has 4 unspecified atom stereocenters. The van der Waals surface area contributed by atoms with Crippen LogP contribution < -0.4 is 0 Å². The van der Waals surface area contributed by atoms with Crippen LogP contribution in [0.25, 0.3) is 0 Å². The predicted octanol–water partition coefficient (Wildman–Crippen LogP) is 7.43. The topological polar surface area (TPSA) is 91.7 Å². The van der Waals surface area contributed by atoms with Crippen LogP contribution in [0, 0.1) is 52.3 Å². The van der Waals surface area contributed by atoms with E-state index in [1.165, 1.54) is 0 Å². The van der Waals surface area contributed by atoms with E-state index in [1.807, 2.05) is 6.92 Å². The largest absolute Gasteiger partial charge is 0.416 e. The molecule has 10 heteroatoms. The molecule has 4 saturated carbocycles. The molecular weight excluding hydrogens is 608 g/mol. The van der Waals surface area contributed by atoms with Crippen molar-refractivity contribution in [1.29, 1.82) is 0 Å². The number of hydrogen-bond donors (Lipinski definition) is 2. The quantitative estimate of drug-likeness (QED) is 0.270. The number of ketones is 1. The SMILES string of the molecule is CC[C@@H]1[C@@H]2[C@@H](F)[C@H](O)CC[C@]2(C)C2CC[C@@]3(C)C(CCC3[C@H](C)CCCC(=O)CS(=O)(=O)c3cccc(C(F)(F)F)c3)C2[C@@H]1O. The molecule has 0 bridgehead atoms. The van der Waals surface area contributed by atoms with Gasteiger partial charge in [-0.25, -0.2) is 12.8 Å². The molecule has 1 aromatic carbocycles. The highest BCUT2D eigenvalue weighted by Gasteiger charge is 2.66. The number of alkyl halides is 4. The number of benzene rings is 1. The fourth-order valence-electron chi connectivity index (χ4n) is 11.0. The first-order valence-corrected chi connectivity index (χ1v) is 18.5. The fraction of sp³-hybridized carbons (Fsp3) is 0.800. The van der Waals surface area contributed by atoms with Crippen molar-refractivity contribution in [3.63, 3.8) is 0 Å². The Morgan fingerprint density at radius 2 is 1.71 bits per heavy atom. The monoisotopic (exact) mass is 658 g/mol. The van der Waals surface area contributed by atoms with Crippen molar-refractivity contribution in [3.8, 4) is 0 Å². The summed E-state index contributed by atoms with van der Waals surface area (Å²) in [6, 6.07) is 3.51. The lowest BCUT2D eigenvalue weighted by Crippen LogP contribution is -2.65. The Bertz CT molecular complexity index is 1350. The predicted molar refractivity (Wildman–Crippen MR) is 164 cm³/mol. The first-order valence-electron chi connectivity index (χ1n) is 16.9. The van der Waals surface area contributed by atoms with Crippen LogP contribution in [0.4, 0.5) is 17.6 Å². The van der Waals surface area contributed by atoms with E-state index in [1.54, 1.807) is 0 Å². The minimum atomic E-state index is -4.68. The summed E-state index contributed by atoms with van der Waals surface area (Å²) in [6.07, 6.45) is -0.406. The second kappa shape index (κ2) is 12.5. The van der Waals surface area contributed by atoms with E-state index in [0.29, 0.717) is 37.2 Å². The molecule has 0 heterocycles. The van der Waals surface area contributed by atoms with Gasteiger partial charge in [0.05, 0.1) is 22.7 Å². The maximum atomic E-state index is 15.6. The normalized spacial score (nSPS) is 40.7. The Morgan fingerprint density at radius 3 is 2.38 bits per heavy atom. The Kier molecular flexibility index (Phi) is 9.66. The summed E-state index contributed by atoms with van der Waals surface area (Å²) in [5, 5.41) is 22.3. The molecule has 4 aliphatic rings. The number of aliphatic hydroxyl groups excluding tert-OH is 2. The molecule has 2 N–H and O–H groups in total. The van der Waals surface area contributed by atoms with Crippen LogP contribution in [0.2, 0.25) is 0 Å². The van der Waals surface area contributed by atoms with Gasteiger partial charge in [-0.2, -0.15) is 13.2 Å². The van der Waals surface area contributed by atoms with E-state index >= 15 is 4.39 Å². The number of hydrogen-bond acceptors (Lipinski definition) is 5. The Morgan fingerprint density at radius 1 is 1.04 bits per heavy atom. The molecular formula is C35H50F4O5S. The van der Waals surface area contributed by atoms with Crippen molar-refractivity contribution < 1.29 is 41.0 Å². The second-order valence-corrected chi connectivity index (χ2v) is 17.3. The Labute approximate surface area is 265 Å². The van der Waals surface area contributed by atoms with Crippen molar-refractivity contribution in [1.82, 2.24) is 0 Å². The number of carbonyl (C=O) groups is 1. The third-order valence-electron chi connectivity index (χ3n) is 13.1. The van der Waals surface area contributed by atoms with Gasteiger partial charge in [-0.15, -0.1) is 0 Å². The minimum Gasteiger partial charge on any atom is -0.393 e. The smallest absolute Gasteiger partial charge is 0.393 e. The van der Waals surface area contributed by atoms with Gasteiger partial charge in [0.2, 0.25) is 0 Å². The zero-order chi connectivity index (χ0) is 33.1. The fourth-order valence-corrected chi connectivity index (χ4v) is 12.3. The van der Waals surface area contributed by atoms with Crippen molar-refractivity contribution in [3.05, 3.63) is 29.8 Å². The molecule has 0 aromatic heterocycles. The minimum absolute atomic E-state index is 0.00317. The summed E-state index contributed by atoms with van der Waals surface area (Å²) in [7, 11) is -4.19. The molecule has 1 aromatic rings. The van der Waals surface area contributed by atoms with Gasteiger partial charge in [-0.1, -0.05) is 46.6 Å². The van der Waals surface area contributed by atoms with Gasteiger partial charge in [-0.05, 0) is 109 Å². The first kappa shape index (κ1) is 34.8. The van der Waals surface area contributed by atoms with Gasteiger partial charge < -0.3 is 10.2 Å². The maximum Gasteiger partial charge on any atom is 0.416 e. The molecule has 0 saturated heterocycles. The highest BCUT2D eigenvalue weighted by molar-refractivity contribution is 7.92. The van der Waals surface area contributed by atoms with Crippen molar-refractivity contribution >= 4 is 15.6 Å². The van der Waals surface area contributed by atoms with Crippen LogP contribution in [0.3, 0.4) is 0 Å². The molecule has 12 atom stereocenters. The third-order valence-corrected chi connectivity index (χ3v) is 14.8. The molecule has 254 valence electrons. The zero-order valence-electron chi connectivity index (χ0n) is 26.9. The van der Waals surface area contributed by atoms with E-state index in [0.717, 1.165) is 56.7 Å². The summed E-state index contributed by atoms with van der Waals surface area (Å²) in [4.78, 5) is 12.2. The average molecular weight is 659 g/mol. The van der Waals surface area contributed by atoms with Gasteiger partial charge in [0, 0.05) is 12.3 Å². The molecule has 0 radical (unpaired) electrons. The van der Waals surface area contributed by atoms with Crippen LogP contribution in [-0.2, 0) is 20.8 Å². The van der Waals surface area contributed by atoms with E-state index in [2.05, 4.69) is 20.8 Å². The van der Waals surface area contributed by atoms with Gasteiger partial charge in [0.15, 0.2) is 9.84 Å². The van der Waals surface area contributed by atoms with E-state index in [-0.39, 0.29) is 46.8 Å². The van der Waals surface area contributed by atoms with Crippen LogP contribution >= 0.6 is 0 Å². The molecule has 5 nitrogen and oxygen atoms in total. The molecule has 0 spiro atoms. The molecule has 0 aliphatic heterocycles. The molecule has 0 amide bonds. The number of fused-ring (bicyclic) bond motifs is 5. The summed E-state index contributed by atoms with van der Waals surface area (Å²) < 4.78 is 80.2. The van der Waals surface area contributed by atoms with E-state index < -0.39 is 56.4 Å². The van der Waals surface area contributed by atoms with Crippen molar-refractivity contribution in [2.24, 2.45) is 52.3 Å². The van der Waals surface area contributed by atoms with Crippen LogP contribution in [0.1, 0.15) is 97.5 Å². The van der Waals surface area contributed by atoms with Crippen LogP contribution in [0.5, 0.6) is 0 Å². The van der Waals surface area contributed by atoms with Crippen molar-refractivity contribution in [2.75, 3.05) is 5.75 Å². The highest BCUT2D eigenvalue weighted by Crippen LogP contribution is 2.69. The zero-order valence-corrected chi connectivity index (χ0v) is 27.7. The number of Topliss-reactive ketones (excluding diaryl/α,β-unsaturated/α-hetero) is 1. The molecule has 5 rings (SSSR count). The Hall–Kier alpha value is -1.52. The van der Waals surface area contributed by atoms with Crippen molar-refractivity contribution in [2.45, 2.75) is 121 Å². The number of rotatable bonds is 9. The number of sulfone groups is 1. The van der Waals surface area contributed by atoms with E-state index in [4.69, 9.17) is 0 Å². The van der Waals surface area contributed by atoms with Crippen LogP contribution in [-0.4, -0.2) is 48.5 Å². The molecule has 45 heavy (non-hydrogen) atoms. The molecule has 4 aliphatic carbocycles. The summed E-state index contributed by atoms with van der Waals surface area (Å²) in [6.45, 7) is 8.77. The second-order valence-electron chi connectivity index (χ2n) is 15.4. The van der Waals surface area contributed by atoms with Gasteiger partial charge >= 0.3 is 6.18 Å². The first-order chi connectivity index (χ1) is 21.0. The van der Waals surface area contributed by atoms with Crippen LogP contribution in [0.15, 0.2) is 29.2 Å². The van der Waals surface area contributed by atoms with Gasteiger partial charge in [-0.3, -0.25) is 4.79 Å². The van der Waals surface area contributed by atoms with Gasteiger partial charge in [0.25, 0.3) is 0 Å². The lowest BCUT2D eigenvalue weighted by molar-refractivity contribution is -0.222. The summed E-state index contributed by atoms with van der Waals surface area (Å²) >= 11 is 0.